The topological polar surface area (TPSA) is 24.9 Å². The maximum atomic E-state index is 6.45. The van der Waals surface area contributed by atoms with Gasteiger partial charge in [-0.15, -0.1) is 0 Å². The predicted octanol–water partition coefficient (Wildman–Crippen LogP) is 4.88. The minimum atomic E-state index is 0.205. The first-order valence-electron chi connectivity index (χ1n) is 7.32. The van der Waals surface area contributed by atoms with Crippen molar-refractivity contribution in [2.24, 2.45) is 0 Å². The number of fused-ring (bicyclic) bond motifs is 1. The zero-order valence-electron chi connectivity index (χ0n) is 11.9. The normalized spacial score (nSPS) is 18.5. The van der Waals surface area contributed by atoms with Gasteiger partial charge in [0.15, 0.2) is 0 Å². The molecule has 21 heavy (non-hydrogen) atoms. The van der Waals surface area contributed by atoms with Crippen molar-refractivity contribution in [2.45, 2.75) is 31.7 Å². The van der Waals surface area contributed by atoms with E-state index in [2.05, 4.69) is 45.3 Å². The van der Waals surface area contributed by atoms with Crippen LogP contribution >= 0.6 is 27.5 Å². The molecule has 110 valence electrons. The van der Waals surface area contributed by atoms with Crippen molar-refractivity contribution in [2.75, 3.05) is 6.54 Å². The number of pyridine rings is 1. The smallest absolute Gasteiger partial charge is 0.0485 e. The highest BCUT2D eigenvalue weighted by Crippen LogP contribution is 2.42. The molecule has 0 saturated carbocycles. The number of benzene rings is 1. The second-order valence-electron chi connectivity index (χ2n) is 5.39. The quantitative estimate of drug-likeness (QED) is 0.835. The molecule has 1 aromatic heterocycles. The van der Waals surface area contributed by atoms with Crippen LogP contribution in [0.2, 0.25) is 5.02 Å². The molecule has 3 rings (SSSR count). The van der Waals surface area contributed by atoms with E-state index in [1.54, 1.807) is 0 Å². The SMILES string of the molecule is CCNC(c1cc(Br)ccc1Cl)C1CCc2cccnc21. The van der Waals surface area contributed by atoms with Gasteiger partial charge in [-0.1, -0.05) is 40.5 Å². The van der Waals surface area contributed by atoms with Gasteiger partial charge in [-0.25, -0.2) is 0 Å². The van der Waals surface area contributed by atoms with Crippen LogP contribution in [0.15, 0.2) is 41.0 Å². The summed E-state index contributed by atoms with van der Waals surface area (Å²) < 4.78 is 1.06. The number of hydrogen-bond acceptors (Lipinski definition) is 2. The van der Waals surface area contributed by atoms with E-state index in [0.717, 1.165) is 34.4 Å². The van der Waals surface area contributed by atoms with Gasteiger partial charge in [-0.05, 0) is 54.8 Å². The molecule has 0 radical (unpaired) electrons. The Hall–Kier alpha value is -0.900. The highest BCUT2D eigenvalue weighted by atomic mass is 79.9. The van der Waals surface area contributed by atoms with Crippen LogP contribution in [0.1, 0.15) is 42.1 Å². The number of nitrogens with zero attached hydrogens (tertiary/aromatic N) is 1. The van der Waals surface area contributed by atoms with Crippen molar-refractivity contribution in [3.8, 4) is 0 Å². The van der Waals surface area contributed by atoms with E-state index < -0.39 is 0 Å². The van der Waals surface area contributed by atoms with Gasteiger partial charge in [0, 0.05) is 33.3 Å². The minimum Gasteiger partial charge on any atom is -0.310 e. The fourth-order valence-electron chi connectivity index (χ4n) is 3.21. The van der Waals surface area contributed by atoms with E-state index in [0.29, 0.717) is 5.92 Å². The van der Waals surface area contributed by atoms with E-state index in [-0.39, 0.29) is 6.04 Å². The number of halogens is 2. The van der Waals surface area contributed by atoms with Gasteiger partial charge < -0.3 is 5.32 Å². The van der Waals surface area contributed by atoms with Crippen molar-refractivity contribution in [3.63, 3.8) is 0 Å². The lowest BCUT2D eigenvalue weighted by molar-refractivity contribution is 0.447. The third-order valence-electron chi connectivity index (χ3n) is 4.12. The van der Waals surface area contributed by atoms with Gasteiger partial charge in [0.05, 0.1) is 0 Å². The average molecular weight is 366 g/mol. The van der Waals surface area contributed by atoms with Crippen LogP contribution in [-0.2, 0) is 6.42 Å². The Labute approximate surface area is 139 Å². The van der Waals surface area contributed by atoms with Crippen LogP contribution < -0.4 is 5.32 Å². The average Bonchev–Trinajstić information content (AvgIpc) is 2.91. The summed E-state index contributed by atoms with van der Waals surface area (Å²) in [6.07, 6.45) is 4.11. The van der Waals surface area contributed by atoms with E-state index >= 15 is 0 Å². The molecule has 0 bridgehead atoms. The molecule has 0 amide bonds. The molecule has 1 aromatic carbocycles. The number of hydrogen-bond donors (Lipinski definition) is 1. The molecule has 0 spiro atoms. The molecule has 0 saturated heterocycles. The van der Waals surface area contributed by atoms with Gasteiger partial charge in [-0.3, -0.25) is 4.98 Å². The standard InChI is InChI=1S/C17H18BrClN2/c1-2-20-17(14-10-12(18)6-8-15(14)19)13-7-5-11-4-3-9-21-16(11)13/h3-4,6,8-10,13,17,20H,2,5,7H2,1H3. The molecule has 1 heterocycles. The monoisotopic (exact) mass is 364 g/mol. The first-order valence-corrected chi connectivity index (χ1v) is 8.50. The summed E-state index contributed by atoms with van der Waals surface area (Å²) in [5.74, 6) is 0.382. The third kappa shape index (κ3) is 3.01. The van der Waals surface area contributed by atoms with Gasteiger partial charge in [-0.2, -0.15) is 0 Å². The summed E-state index contributed by atoms with van der Waals surface area (Å²) in [6.45, 7) is 3.04. The first-order chi connectivity index (χ1) is 10.2. The van der Waals surface area contributed by atoms with Gasteiger partial charge in [0.1, 0.15) is 0 Å². The molecule has 1 aliphatic rings. The Morgan fingerprint density at radius 3 is 3.10 bits per heavy atom. The molecule has 0 fully saturated rings. The molecule has 2 atom stereocenters. The highest BCUT2D eigenvalue weighted by Gasteiger charge is 2.32. The second-order valence-corrected chi connectivity index (χ2v) is 6.72. The third-order valence-corrected chi connectivity index (χ3v) is 4.96. The van der Waals surface area contributed by atoms with Crippen molar-refractivity contribution in [1.82, 2.24) is 10.3 Å². The van der Waals surface area contributed by atoms with Crippen molar-refractivity contribution >= 4 is 27.5 Å². The van der Waals surface area contributed by atoms with Crippen molar-refractivity contribution in [1.29, 1.82) is 0 Å². The lowest BCUT2D eigenvalue weighted by Gasteiger charge is -2.26. The second kappa shape index (κ2) is 6.47. The molecule has 1 N–H and O–H groups in total. The lowest BCUT2D eigenvalue weighted by atomic mass is 9.90. The molecular weight excluding hydrogens is 348 g/mol. The van der Waals surface area contributed by atoms with Gasteiger partial charge >= 0.3 is 0 Å². The Balaban J connectivity index is 2.01. The van der Waals surface area contributed by atoms with Crippen molar-refractivity contribution in [3.05, 3.63) is 62.8 Å². The summed E-state index contributed by atoms with van der Waals surface area (Å²) in [4.78, 5) is 4.63. The Morgan fingerprint density at radius 2 is 2.29 bits per heavy atom. The molecule has 4 heteroatoms. The molecule has 0 aliphatic heterocycles. The van der Waals surface area contributed by atoms with E-state index in [1.807, 2.05) is 24.4 Å². The van der Waals surface area contributed by atoms with E-state index in [1.165, 1.54) is 11.3 Å². The van der Waals surface area contributed by atoms with Crippen LogP contribution in [0.25, 0.3) is 0 Å². The summed E-state index contributed by atoms with van der Waals surface area (Å²) in [6, 6.07) is 10.5. The fraction of sp³-hybridized carbons (Fsp3) is 0.353. The molecule has 1 aliphatic carbocycles. The number of aromatic nitrogens is 1. The molecule has 2 aromatic rings. The molecular formula is C17H18BrClN2. The van der Waals surface area contributed by atoms with Crippen LogP contribution in [0, 0.1) is 0 Å². The Kier molecular flexibility index (Phi) is 4.63. The van der Waals surface area contributed by atoms with Gasteiger partial charge in [0.2, 0.25) is 0 Å². The summed E-state index contributed by atoms with van der Waals surface area (Å²) in [5, 5.41) is 4.42. The van der Waals surface area contributed by atoms with Crippen LogP contribution in [0.5, 0.6) is 0 Å². The lowest BCUT2D eigenvalue weighted by Crippen LogP contribution is -2.26. The fourth-order valence-corrected chi connectivity index (χ4v) is 3.82. The predicted molar refractivity (Wildman–Crippen MR) is 90.9 cm³/mol. The highest BCUT2D eigenvalue weighted by molar-refractivity contribution is 9.10. The number of nitrogens with one attached hydrogen (secondary N) is 1. The van der Waals surface area contributed by atoms with E-state index in [9.17, 15) is 0 Å². The maximum Gasteiger partial charge on any atom is 0.0485 e. The van der Waals surface area contributed by atoms with E-state index in [4.69, 9.17) is 11.6 Å². The van der Waals surface area contributed by atoms with Gasteiger partial charge in [0.25, 0.3) is 0 Å². The minimum absolute atomic E-state index is 0.205. The Morgan fingerprint density at radius 1 is 1.43 bits per heavy atom. The Bertz CT molecular complexity index is 644. The number of aryl methyl sites for hydroxylation is 1. The zero-order valence-corrected chi connectivity index (χ0v) is 14.3. The molecule has 2 nitrogen and oxygen atoms in total. The van der Waals surface area contributed by atoms with Crippen LogP contribution in [0.4, 0.5) is 0 Å². The van der Waals surface area contributed by atoms with Crippen LogP contribution in [0.3, 0.4) is 0 Å². The summed E-state index contributed by atoms with van der Waals surface area (Å²) >= 11 is 10.0. The largest absolute Gasteiger partial charge is 0.310 e. The summed E-state index contributed by atoms with van der Waals surface area (Å²) in [5.41, 5.74) is 3.74. The molecule has 2 unspecified atom stereocenters. The number of likely N-dealkylation sites (N-methyl/N-ethyl adjacent to an activating group) is 1. The van der Waals surface area contributed by atoms with Crippen LogP contribution in [-0.4, -0.2) is 11.5 Å². The zero-order chi connectivity index (χ0) is 14.8. The summed E-state index contributed by atoms with van der Waals surface area (Å²) in [7, 11) is 0. The maximum absolute atomic E-state index is 6.45. The first kappa shape index (κ1) is 15.0. The van der Waals surface area contributed by atoms with Crippen molar-refractivity contribution < 1.29 is 0 Å². The number of rotatable bonds is 4.